The number of nitrogens with zero attached hydrogens (tertiary/aromatic N) is 2. The summed E-state index contributed by atoms with van der Waals surface area (Å²) in [6, 6.07) is 0.417. The van der Waals surface area contributed by atoms with E-state index >= 15 is 0 Å². The molecule has 120 valence electrons. The van der Waals surface area contributed by atoms with Crippen molar-refractivity contribution in [2.45, 2.75) is 51.6 Å². The number of piperidine rings is 1. The summed E-state index contributed by atoms with van der Waals surface area (Å²) in [5.41, 5.74) is 5.68. The van der Waals surface area contributed by atoms with E-state index < -0.39 is 10.2 Å². The first kappa shape index (κ1) is 17.8. The Morgan fingerprint density at radius 1 is 1.45 bits per heavy atom. The maximum atomic E-state index is 12.3. The van der Waals surface area contributed by atoms with Crippen LogP contribution in [0.2, 0.25) is 0 Å². The Hall–Kier alpha value is -0.210. The Bertz CT molecular complexity index is 375. The SMILES string of the molecule is CCC(C)N(C)CCNS(=O)(=O)N1CCCCC1CN. The maximum Gasteiger partial charge on any atom is 0.279 e. The predicted octanol–water partition coefficient (Wildman–Crippen LogP) is 0.364. The molecule has 0 amide bonds. The molecule has 0 bridgehead atoms. The van der Waals surface area contributed by atoms with Crippen molar-refractivity contribution in [3.8, 4) is 0 Å². The van der Waals surface area contributed by atoms with E-state index in [4.69, 9.17) is 5.73 Å². The summed E-state index contributed by atoms with van der Waals surface area (Å²) in [5, 5.41) is 0. The largest absolute Gasteiger partial charge is 0.329 e. The molecule has 0 aromatic carbocycles. The number of nitrogens with two attached hydrogens (primary N) is 1. The zero-order chi connectivity index (χ0) is 15.2. The highest BCUT2D eigenvalue weighted by Crippen LogP contribution is 2.18. The summed E-state index contributed by atoms with van der Waals surface area (Å²) in [6.45, 7) is 6.41. The fourth-order valence-electron chi connectivity index (χ4n) is 2.49. The van der Waals surface area contributed by atoms with E-state index in [-0.39, 0.29) is 6.04 Å². The Morgan fingerprint density at radius 2 is 2.15 bits per heavy atom. The van der Waals surface area contributed by atoms with Crippen LogP contribution in [0.15, 0.2) is 0 Å². The molecule has 1 aliphatic heterocycles. The minimum absolute atomic E-state index is 0.0476. The fraction of sp³-hybridized carbons (Fsp3) is 1.00. The third-order valence-corrected chi connectivity index (χ3v) is 5.91. The lowest BCUT2D eigenvalue weighted by Gasteiger charge is -2.34. The molecular formula is C13H30N4O2S. The van der Waals surface area contributed by atoms with E-state index in [1.807, 2.05) is 7.05 Å². The van der Waals surface area contributed by atoms with Crippen molar-refractivity contribution >= 4 is 10.2 Å². The van der Waals surface area contributed by atoms with Gasteiger partial charge in [-0.3, -0.25) is 0 Å². The Morgan fingerprint density at radius 3 is 2.75 bits per heavy atom. The van der Waals surface area contributed by atoms with Gasteiger partial charge in [-0.15, -0.1) is 0 Å². The van der Waals surface area contributed by atoms with Crippen molar-refractivity contribution in [1.82, 2.24) is 13.9 Å². The van der Waals surface area contributed by atoms with Gasteiger partial charge in [0.1, 0.15) is 0 Å². The van der Waals surface area contributed by atoms with Gasteiger partial charge in [0.05, 0.1) is 0 Å². The molecular weight excluding hydrogens is 276 g/mol. The second-order valence-corrected chi connectivity index (χ2v) is 7.34. The highest BCUT2D eigenvalue weighted by atomic mass is 32.2. The molecule has 1 aliphatic rings. The van der Waals surface area contributed by atoms with Crippen molar-refractivity contribution in [2.75, 3.05) is 33.2 Å². The standard InChI is InChI=1S/C13H30N4O2S/c1-4-12(2)16(3)10-8-15-20(18,19)17-9-6-5-7-13(17)11-14/h12-13,15H,4-11,14H2,1-3H3. The van der Waals surface area contributed by atoms with Gasteiger partial charge in [-0.05, 0) is 33.2 Å². The molecule has 7 heteroatoms. The van der Waals surface area contributed by atoms with Crippen LogP contribution in [0.3, 0.4) is 0 Å². The molecule has 0 aromatic rings. The molecule has 0 saturated carbocycles. The number of likely N-dealkylation sites (N-methyl/N-ethyl adjacent to an activating group) is 1. The van der Waals surface area contributed by atoms with Crippen molar-refractivity contribution in [2.24, 2.45) is 5.73 Å². The molecule has 1 fully saturated rings. The Kier molecular flexibility index (Phi) is 7.39. The van der Waals surface area contributed by atoms with Gasteiger partial charge in [-0.1, -0.05) is 13.3 Å². The van der Waals surface area contributed by atoms with E-state index in [1.165, 1.54) is 0 Å². The van der Waals surface area contributed by atoms with Crippen LogP contribution < -0.4 is 10.5 Å². The van der Waals surface area contributed by atoms with Crippen LogP contribution in [0.1, 0.15) is 39.5 Å². The fourth-order valence-corrected chi connectivity index (χ4v) is 3.96. The molecule has 1 saturated heterocycles. The third-order valence-electron chi connectivity index (χ3n) is 4.25. The minimum Gasteiger partial charge on any atom is -0.329 e. The first-order valence-electron chi connectivity index (χ1n) is 7.59. The summed E-state index contributed by atoms with van der Waals surface area (Å²) < 4.78 is 28.9. The van der Waals surface area contributed by atoms with Gasteiger partial charge in [0.2, 0.25) is 0 Å². The third kappa shape index (κ3) is 4.96. The minimum atomic E-state index is -3.40. The van der Waals surface area contributed by atoms with E-state index in [2.05, 4.69) is 23.5 Å². The molecule has 2 unspecified atom stereocenters. The summed E-state index contributed by atoms with van der Waals surface area (Å²) in [7, 11) is -1.38. The lowest BCUT2D eigenvalue weighted by Crippen LogP contribution is -2.52. The summed E-state index contributed by atoms with van der Waals surface area (Å²) in [4.78, 5) is 2.17. The molecule has 0 aliphatic carbocycles. The maximum absolute atomic E-state index is 12.3. The molecule has 0 radical (unpaired) electrons. The zero-order valence-electron chi connectivity index (χ0n) is 13.0. The van der Waals surface area contributed by atoms with Crippen molar-refractivity contribution < 1.29 is 8.42 Å². The zero-order valence-corrected chi connectivity index (χ0v) is 13.8. The quantitative estimate of drug-likeness (QED) is 0.679. The lowest BCUT2D eigenvalue weighted by molar-refractivity contribution is 0.245. The first-order valence-corrected chi connectivity index (χ1v) is 9.03. The second kappa shape index (κ2) is 8.29. The van der Waals surface area contributed by atoms with Crippen LogP contribution in [0.25, 0.3) is 0 Å². The first-order chi connectivity index (χ1) is 9.42. The number of nitrogens with one attached hydrogen (secondary N) is 1. The van der Waals surface area contributed by atoms with Crippen LogP contribution in [-0.2, 0) is 10.2 Å². The number of hydrogen-bond donors (Lipinski definition) is 2. The van der Waals surface area contributed by atoms with E-state index in [9.17, 15) is 8.42 Å². The summed E-state index contributed by atoms with van der Waals surface area (Å²) in [5.74, 6) is 0. The Balaban J connectivity index is 2.48. The van der Waals surface area contributed by atoms with Crippen LogP contribution in [0.5, 0.6) is 0 Å². The van der Waals surface area contributed by atoms with Crippen molar-refractivity contribution in [3.63, 3.8) is 0 Å². The van der Waals surface area contributed by atoms with E-state index in [1.54, 1.807) is 4.31 Å². The van der Waals surface area contributed by atoms with Gasteiger partial charge in [-0.2, -0.15) is 12.7 Å². The van der Waals surface area contributed by atoms with Gasteiger partial charge in [0, 0.05) is 38.3 Å². The summed E-state index contributed by atoms with van der Waals surface area (Å²) in [6.07, 6.45) is 3.91. The molecule has 1 heterocycles. The molecule has 0 spiro atoms. The number of hydrogen-bond acceptors (Lipinski definition) is 4. The Labute approximate surface area is 123 Å². The van der Waals surface area contributed by atoms with Gasteiger partial charge in [0.15, 0.2) is 0 Å². The van der Waals surface area contributed by atoms with E-state index in [0.717, 1.165) is 32.2 Å². The van der Waals surface area contributed by atoms with Crippen LogP contribution in [-0.4, -0.2) is 62.9 Å². The average molecular weight is 306 g/mol. The smallest absolute Gasteiger partial charge is 0.279 e. The number of rotatable bonds is 8. The molecule has 2 atom stereocenters. The van der Waals surface area contributed by atoms with Crippen molar-refractivity contribution in [3.05, 3.63) is 0 Å². The molecule has 0 aromatic heterocycles. The lowest BCUT2D eigenvalue weighted by atomic mass is 10.1. The predicted molar refractivity (Wildman–Crippen MR) is 82.7 cm³/mol. The van der Waals surface area contributed by atoms with Crippen LogP contribution in [0.4, 0.5) is 0 Å². The monoisotopic (exact) mass is 306 g/mol. The van der Waals surface area contributed by atoms with Gasteiger partial charge >= 0.3 is 0 Å². The van der Waals surface area contributed by atoms with Gasteiger partial charge in [0.25, 0.3) is 10.2 Å². The average Bonchev–Trinajstić information content (AvgIpc) is 2.45. The molecule has 1 rings (SSSR count). The van der Waals surface area contributed by atoms with E-state index in [0.29, 0.717) is 25.7 Å². The molecule has 3 N–H and O–H groups in total. The molecule has 6 nitrogen and oxygen atoms in total. The van der Waals surface area contributed by atoms with Crippen molar-refractivity contribution in [1.29, 1.82) is 0 Å². The topological polar surface area (TPSA) is 78.7 Å². The highest BCUT2D eigenvalue weighted by Gasteiger charge is 2.30. The van der Waals surface area contributed by atoms with Crippen LogP contribution in [0, 0.1) is 0 Å². The summed E-state index contributed by atoms with van der Waals surface area (Å²) >= 11 is 0. The molecule has 20 heavy (non-hydrogen) atoms. The van der Waals surface area contributed by atoms with Gasteiger partial charge in [-0.25, -0.2) is 4.72 Å². The van der Waals surface area contributed by atoms with Gasteiger partial charge < -0.3 is 10.6 Å². The van der Waals surface area contributed by atoms with Crippen LogP contribution >= 0.6 is 0 Å². The second-order valence-electron chi connectivity index (χ2n) is 5.63. The highest BCUT2D eigenvalue weighted by molar-refractivity contribution is 7.87. The normalized spacial score (nSPS) is 23.1.